The van der Waals surface area contributed by atoms with E-state index in [2.05, 4.69) is 29.2 Å². The topological polar surface area (TPSA) is 66.6 Å². The van der Waals surface area contributed by atoms with Crippen molar-refractivity contribution >= 4 is 5.97 Å². The summed E-state index contributed by atoms with van der Waals surface area (Å²) in [4.78, 5) is 13.2. The molecule has 4 heteroatoms. The van der Waals surface area contributed by atoms with Gasteiger partial charge in [0, 0.05) is 6.54 Å². The van der Waals surface area contributed by atoms with E-state index in [0.717, 1.165) is 38.9 Å². The maximum absolute atomic E-state index is 10.7. The molecule has 0 radical (unpaired) electrons. The number of nitrogens with zero attached hydrogens (tertiary/aromatic N) is 1. The molecule has 1 aliphatic heterocycles. The van der Waals surface area contributed by atoms with Gasteiger partial charge in [-0.1, -0.05) is 30.3 Å². The van der Waals surface area contributed by atoms with Gasteiger partial charge in [-0.05, 0) is 50.3 Å². The lowest BCUT2D eigenvalue weighted by atomic mass is 9.90. The van der Waals surface area contributed by atoms with Gasteiger partial charge >= 0.3 is 5.97 Å². The van der Waals surface area contributed by atoms with Crippen LogP contribution in [0.25, 0.3) is 0 Å². The van der Waals surface area contributed by atoms with E-state index in [1.807, 2.05) is 6.07 Å². The molecule has 0 bridgehead atoms. The second kappa shape index (κ2) is 7.41. The summed E-state index contributed by atoms with van der Waals surface area (Å²) in [6, 6.07) is 9.83. The van der Waals surface area contributed by atoms with Gasteiger partial charge in [-0.3, -0.25) is 9.69 Å². The van der Waals surface area contributed by atoms with Gasteiger partial charge in [0.05, 0.1) is 0 Å². The van der Waals surface area contributed by atoms with Crippen LogP contribution in [0, 0.1) is 5.92 Å². The maximum atomic E-state index is 10.7. The van der Waals surface area contributed by atoms with Crippen molar-refractivity contribution < 1.29 is 9.90 Å². The molecule has 1 heterocycles. The summed E-state index contributed by atoms with van der Waals surface area (Å²) in [7, 11) is 0. The summed E-state index contributed by atoms with van der Waals surface area (Å²) >= 11 is 0. The Morgan fingerprint density at radius 3 is 2.55 bits per heavy atom. The number of carbonyl (C=O) groups is 1. The van der Waals surface area contributed by atoms with Gasteiger partial charge in [0.1, 0.15) is 6.04 Å². The molecule has 0 aliphatic carbocycles. The molecule has 110 valence electrons. The van der Waals surface area contributed by atoms with E-state index in [4.69, 9.17) is 10.8 Å². The number of aliphatic carboxylic acids is 1. The Morgan fingerprint density at radius 2 is 1.95 bits per heavy atom. The van der Waals surface area contributed by atoms with E-state index in [-0.39, 0.29) is 0 Å². The Morgan fingerprint density at radius 1 is 1.30 bits per heavy atom. The molecule has 0 amide bonds. The lowest BCUT2D eigenvalue weighted by Gasteiger charge is -2.32. The number of hydrogen-bond acceptors (Lipinski definition) is 3. The molecule has 1 aromatic carbocycles. The molecule has 1 fully saturated rings. The van der Waals surface area contributed by atoms with Gasteiger partial charge < -0.3 is 10.8 Å². The highest BCUT2D eigenvalue weighted by Crippen LogP contribution is 2.23. The van der Waals surface area contributed by atoms with Crippen LogP contribution in [0.5, 0.6) is 0 Å². The third kappa shape index (κ3) is 4.62. The largest absolute Gasteiger partial charge is 0.480 e. The molecule has 0 aromatic heterocycles. The monoisotopic (exact) mass is 276 g/mol. The Kier molecular flexibility index (Phi) is 5.56. The fraction of sp³-hybridized carbons (Fsp3) is 0.562. The summed E-state index contributed by atoms with van der Waals surface area (Å²) in [5.74, 6) is -0.251. The summed E-state index contributed by atoms with van der Waals surface area (Å²) < 4.78 is 0. The second-order valence-electron chi connectivity index (χ2n) is 5.73. The molecule has 0 spiro atoms. The normalized spacial score (nSPS) is 18.9. The second-order valence-corrected chi connectivity index (χ2v) is 5.73. The van der Waals surface area contributed by atoms with E-state index in [1.165, 1.54) is 5.56 Å². The number of likely N-dealkylation sites (tertiary alicyclic amines) is 1. The first-order valence-electron chi connectivity index (χ1n) is 7.40. The first kappa shape index (κ1) is 15.0. The van der Waals surface area contributed by atoms with Gasteiger partial charge in [-0.15, -0.1) is 0 Å². The quantitative estimate of drug-likeness (QED) is 0.835. The van der Waals surface area contributed by atoms with E-state index >= 15 is 0 Å². The van der Waals surface area contributed by atoms with Gasteiger partial charge in [-0.25, -0.2) is 0 Å². The number of nitrogens with two attached hydrogens (primary N) is 1. The van der Waals surface area contributed by atoms with E-state index in [1.54, 1.807) is 0 Å². The minimum absolute atomic E-state index is 0.596. The van der Waals surface area contributed by atoms with Crippen molar-refractivity contribution in [2.45, 2.75) is 38.3 Å². The fourth-order valence-corrected chi connectivity index (χ4v) is 2.81. The van der Waals surface area contributed by atoms with Gasteiger partial charge in [0.15, 0.2) is 0 Å². The van der Waals surface area contributed by atoms with Crippen molar-refractivity contribution in [3.05, 3.63) is 35.9 Å². The maximum Gasteiger partial charge on any atom is 0.320 e. The van der Waals surface area contributed by atoms with Crippen molar-refractivity contribution in [3.8, 4) is 0 Å². The number of hydrogen-bond donors (Lipinski definition) is 2. The summed E-state index contributed by atoms with van der Waals surface area (Å²) in [6.45, 7) is 3.21. The average Bonchev–Trinajstić information content (AvgIpc) is 2.47. The first-order chi connectivity index (χ1) is 9.65. The third-order valence-electron chi connectivity index (χ3n) is 4.16. The Balaban J connectivity index is 1.69. The zero-order valence-electron chi connectivity index (χ0n) is 11.9. The van der Waals surface area contributed by atoms with E-state index < -0.39 is 12.0 Å². The molecule has 2 rings (SSSR count). The lowest BCUT2D eigenvalue weighted by Crippen LogP contribution is -2.35. The summed E-state index contributed by atoms with van der Waals surface area (Å²) in [6.07, 6.45) is 3.84. The number of benzene rings is 1. The molecular weight excluding hydrogens is 252 g/mol. The Hall–Kier alpha value is -1.39. The molecule has 1 unspecified atom stereocenters. The minimum Gasteiger partial charge on any atom is -0.480 e. The van der Waals surface area contributed by atoms with Crippen molar-refractivity contribution in [1.82, 2.24) is 4.90 Å². The highest BCUT2D eigenvalue weighted by Gasteiger charge is 2.21. The molecule has 1 atom stereocenters. The van der Waals surface area contributed by atoms with Gasteiger partial charge in [-0.2, -0.15) is 0 Å². The van der Waals surface area contributed by atoms with Crippen LogP contribution in [0.2, 0.25) is 0 Å². The van der Waals surface area contributed by atoms with Crippen molar-refractivity contribution in [1.29, 1.82) is 0 Å². The van der Waals surface area contributed by atoms with Crippen molar-refractivity contribution in [2.75, 3.05) is 13.1 Å². The lowest BCUT2D eigenvalue weighted by molar-refractivity contribution is -0.138. The highest BCUT2D eigenvalue weighted by atomic mass is 16.4. The van der Waals surface area contributed by atoms with Crippen LogP contribution < -0.4 is 5.73 Å². The van der Waals surface area contributed by atoms with E-state index in [9.17, 15) is 4.79 Å². The molecule has 3 N–H and O–H groups in total. The molecule has 1 aliphatic rings. The van der Waals surface area contributed by atoms with Crippen molar-refractivity contribution in [2.24, 2.45) is 11.7 Å². The molecule has 0 saturated carbocycles. The number of carboxylic acids is 1. The van der Waals surface area contributed by atoms with Crippen molar-refractivity contribution in [3.63, 3.8) is 0 Å². The van der Waals surface area contributed by atoms with Crippen LogP contribution in [0.4, 0.5) is 0 Å². The minimum atomic E-state index is -0.883. The zero-order chi connectivity index (χ0) is 14.4. The van der Waals surface area contributed by atoms with Crippen LogP contribution in [-0.2, 0) is 11.3 Å². The van der Waals surface area contributed by atoms with Crippen LogP contribution in [0.3, 0.4) is 0 Å². The summed E-state index contributed by atoms with van der Waals surface area (Å²) in [5.41, 5.74) is 6.91. The number of carboxylic acid groups (broad SMARTS) is 1. The predicted octanol–water partition coefficient (Wildman–Crippen LogP) is 2.09. The summed E-state index contributed by atoms with van der Waals surface area (Å²) in [5, 5.41) is 8.78. The SMILES string of the molecule is NC(CCC1CCN(Cc2ccccc2)CC1)C(=O)O. The first-order valence-corrected chi connectivity index (χ1v) is 7.40. The van der Waals surface area contributed by atoms with Crippen LogP contribution in [0.1, 0.15) is 31.2 Å². The third-order valence-corrected chi connectivity index (χ3v) is 4.16. The Labute approximate surface area is 120 Å². The highest BCUT2D eigenvalue weighted by molar-refractivity contribution is 5.72. The van der Waals surface area contributed by atoms with E-state index in [0.29, 0.717) is 12.3 Å². The Bertz CT molecular complexity index is 414. The predicted molar refractivity (Wildman–Crippen MR) is 79.3 cm³/mol. The van der Waals surface area contributed by atoms with Crippen LogP contribution in [0.15, 0.2) is 30.3 Å². The fourth-order valence-electron chi connectivity index (χ4n) is 2.81. The van der Waals surface area contributed by atoms with Gasteiger partial charge in [0.25, 0.3) is 0 Å². The van der Waals surface area contributed by atoms with Crippen LogP contribution >= 0.6 is 0 Å². The number of piperidine rings is 1. The smallest absolute Gasteiger partial charge is 0.320 e. The number of rotatable bonds is 6. The molecule has 20 heavy (non-hydrogen) atoms. The molecular formula is C16H24N2O2. The van der Waals surface area contributed by atoms with Gasteiger partial charge in [0.2, 0.25) is 0 Å². The zero-order valence-corrected chi connectivity index (χ0v) is 11.9. The molecule has 1 saturated heterocycles. The average molecular weight is 276 g/mol. The standard InChI is InChI=1S/C16H24N2O2/c17-15(16(19)20)7-6-13-8-10-18(11-9-13)12-14-4-2-1-3-5-14/h1-5,13,15H,6-12,17H2,(H,19,20). The molecule has 1 aromatic rings. The van der Waals surface area contributed by atoms with Crippen LogP contribution in [-0.4, -0.2) is 35.1 Å². The molecule has 4 nitrogen and oxygen atoms in total.